The summed E-state index contributed by atoms with van der Waals surface area (Å²) in [6.45, 7) is 5.69. The molecule has 2 unspecified atom stereocenters. The number of carbonyl (C=O) groups excluding carboxylic acids is 1. The summed E-state index contributed by atoms with van der Waals surface area (Å²) < 4.78 is 5.42. The molecule has 0 aromatic heterocycles. The molecular formula is C15H23ClN2O2. The van der Waals surface area contributed by atoms with Crippen molar-refractivity contribution < 1.29 is 9.53 Å². The SMILES string of the molecule is CCOc1cccc(C(=O)NC2CCCNC2C)c1.Cl. The first-order valence-electron chi connectivity index (χ1n) is 6.98. The summed E-state index contributed by atoms with van der Waals surface area (Å²) in [5.41, 5.74) is 0.656. The Kier molecular flexibility index (Phi) is 6.82. The lowest BCUT2D eigenvalue weighted by molar-refractivity contribution is 0.0919. The van der Waals surface area contributed by atoms with Crippen molar-refractivity contribution in [2.75, 3.05) is 13.2 Å². The van der Waals surface area contributed by atoms with E-state index in [1.54, 1.807) is 6.07 Å². The van der Waals surface area contributed by atoms with Crippen LogP contribution in [0.15, 0.2) is 24.3 Å². The molecule has 1 aromatic carbocycles. The van der Waals surface area contributed by atoms with Gasteiger partial charge in [0.05, 0.1) is 6.61 Å². The second-order valence-electron chi connectivity index (χ2n) is 4.93. The number of hydrogen-bond donors (Lipinski definition) is 2. The maximum Gasteiger partial charge on any atom is 0.251 e. The fourth-order valence-corrected chi connectivity index (χ4v) is 2.39. The highest BCUT2D eigenvalue weighted by Gasteiger charge is 2.22. The first-order chi connectivity index (χ1) is 9.20. The van der Waals surface area contributed by atoms with Crippen LogP contribution in [0.2, 0.25) is 0 Å². The van der Waals surface area contributed by atoms with Gasteiger partial charge in [0.1, 0.15) is 5.75 Å². The van der Waals surface area contributed by atoms with Crippen LogP contribution < -0.4 is 15.4 Å². The molecule has 1 aliphatic heterocycles. The van der Waals surface area contributed by atoms with E-state index in [9.17, 15) is 4.79 Å². The Labute approximate surface area is 126 Å². The van der Waals surface area contributed by atoms with E-state index in [4.69, 9.17) is 4.74 Å². The standard InChI is InChI=1S/C15H22N2O2.ClH/c1-3-19-13-7-4-6-12(10-13)15(18)17-14-8-5-9-16-11(14)2;/h4,6-7,10-11,14,16H,3,5,8-9H2,1-2H3,(H,17,18);1H. The minimum atomic E-state index is -0.0258. The maximum atomic E-state index is 12.2. The monoisotopic (exact) mass is 298 g/mol. The fraction of sp³-hybridized carbons (Fsp3) is 0.533. The summed E-state index contributed by atoms with van der Waals surface area (Å²) in [4.78, 5) is 12.2. The maximum absolute atomic E-state index is 12.2. The fourth-order valence-electron chi connectivity index (χ4n) is 2.39. The first-order valence-corrected chi connectivity index (χ1v) is 6.98. The molecular weight excluding hydrogens is 276 g/mol. The molecule has 1 amide bonds. The van der Waals surface area contributed by atoms with Crippen molar-refractivity contribution in [1.29, 1.82) is 0 Å². The average Bonchev–Trinajstić information content (AvgIpc) is 2.42. The van der Waals surface area contributed by atoms with Crippen molar-refractivity contribution >= 4 is 18.3 Å². The highest BCUT2D eigenvalue weighted by atomic mass is 35.5. The highest BCUT2D eigenvalue weighted by molar-refractivity contribution is 5.94. The van der Waals surface area contributed by atoms with Crippen LogP contribution in [0.5, 0.6) is 5.75 Å². The second-order valence-corrected chi connectivity index (χ2v) is 4.93. The lowest BCUT2D eigenvalue weighted by Gasteiger charge is -2.30. The number of nitrogens with one attached hydrogen (secondary N) is 2. The third kappa shape index (κ3) is 4.39. The van der Waals surface area contributed by atoms with E-state index in [1.807, 2.05) is 25.1 Å². The largest absolute Gasteiger partial charge is 0.494 e. The Balaban J connectivity index is 0.00000200. The van der Waals surface area contributed by atoms with Crippen LogP contribution in [0.1, 0.15) is 37.0 Å². The summed E-state index contributed by atoms with van der Waals surface area (Å²) in [5, 5.41) is 6.48. The van der Waals surface area contributed by atoms with Crippen molar-refractivity contribution in [3.8, 4) is 5.75 Å². The molecule has 5 heteroatoms. The molecule has 2 N–H and O–H groups in total. The van der Waals surface area contributed by atoms with Crippen LogP contribution in [0.25, 0.3) is 0 Å². The van der Waals surface area contributed by atoms with Crippen molar-refractivity contribution in [2.45, 2.75) is 38.8 Å². The quantitative estimate of drug-likeness (QED) is 0.897. The Morgan fingerprint density at radius 3 is 3.00 bits per heavy atom. The van der Waals surface area contributed by atoms with E-state index < -0.39 is 0 Å². The van der Waals surface area contributed by atoms with E-state index >= 15 is 0 Å². The molecule has 2 rings (SSSR count). The van der Waals surface area contributed by atoms with E-state index in [1.165, 1.54) is 0 Å². The Morgan fingerprint density at radius 1 is 1.50 bits per heavy atom. The van der Waals surface area contributed by atoms with Gasteiger partial charge in [0, 0.05) is 17.6 Å². The molecule has 0 aliphatic carbocycles. The van der Waals surface area contributed by atoms with Gasteiger partial charge in [0.2, 0.25) is 0 Å². The van der Waals surface area contributed by atoms with Crippen LogP contribution >= 0.6 is 12.4 Å². The number of ether oxygens (including phenoxy) is 1. The zero-order chi connectivity index (χ0) is 13.7. The van der Waals surface area contributed by atoms with E-state index in [0.29, 0.717) is 18.2 Å². The second kappa shape index (κ2) is 8.12. The highest BCUT2D eigenvalue weighted by Crippen LogP contribution is 2.14. The van der Waals surface area contributed by atoms with Crippen molar-refractivity contribution in [3.63, 3.8) is 0 Å². The molecule has 1 aromatic rings. The van der Waals surface area contributed by atoms with Crippen LogP contribution in [0.4, 0.5) is 0 Å². The van der Waals surface area contributed by atoms with Crippen molar-refractivity contribution in [1.82, 2.24) is 10.6 Å². The molecule has 20 heavy (non-hydrogen) atoms. The predicted molar refractivity (Wildman–Crippen MR) is 82.8 cm³/mol. The van der Waals surface area contributed by atoms with Gasteiger partial charge in [-0.25, -0.2) is 0 Å². The van der Waals surface area contributed by atoms with Crippen LogP contribution in [-0.4, -0.2) is 31.1 Å². The molecule has 0 radical (unpaired) electrons. The summed E-state index contributed by atoms with van der Waals surface area (Å²) in [6, 6.07) is 7.86. The lowest BCUT2D eigenvalue weighted by atomic mass is 9.99. The van der Waals surface area contributed by atoms with Crippen molar-refractivity contribution in [2.24, 2.45) is 0 Å². The first kappa shape index (κ1) is 16.8. The van der Waals surface area contributed by atoms with Gasteiger partial charge in [-0.05, 0) is 51.4 Å². The summed E-state index contributed by atoms with van der Waals surface area (Å²) >= 11 is 0. The summed E-state index contributed by atoms with van der Waals surface area (Å²) in [7, 11) is 0. The van der Waals surface area contributed by atoms with Crippen LogP contribution in [0.3, 0.4) is 0 Å². The molecule has 4 nitrogen and oxygen atoms in total. The molecule has 0 bridgehead atoms. The molecule has 0 spiro atoms. The van der Waals surface area contributed by atoms with Gasteiger partial charge in [0.15, 0.2) is 0 Å². The van der Waals surface area contributed by atoms with E-state index in [0.717, 1.165) is 25.1 Å². The average molecular weight is 299 g/mol. The summed E-state index contributed by atoms with van der Waals surface area (Å²) in [6.07, 6.45) is 2.14. The smallest absolute Gasteiger partial charge is 0.251 e. The number of piperidine rings is 1. The van der Waals surface area contributed by atoms with Gasteiger partial charge in [-0.1, -0.05) is 6.07 Å². The number of rotatable bonds is 4. The number of carbonyl (C=O) groups is 1. The minimum Gasteiger partial charge on any atom is -0.494 e. The Hall–Kier alpha value is -1.26. The normalized spacial score (nSPS) is 21.7. The van der Waals surface area contributed by atoms with Gasteiger partial charge in [-0.15, -0.1) is 12.4 Å². The van der Waals surface area contributed by atoms with E-state index in [-0.39, 0.29) is 24.4 Å². The molecule has 1 heterocycles. The molecule has 1 aliphatic rings. The van der Waals surface area contributed by atoms with Gasteiger partial charge in [0.25, 0.3) is 5.91 Å². The molecule has 1 fully saturated rings. The molecule has 2 atom stereocenters. The van der Waals surface area contributed by atoms with Crippen molar-refractivity contribution in [3.05, 3.63) is 29.8 Å². The van der Waals surface area contributed by atoms with Gasteiger partial charge >= 0.3 is 0 Å². The van der Waals surface area contributed by atoms with E-state index in [2.05, 4.69) is 17.6 Å². The van der Waals surface area contributed by atoms with Crippen LogP contribution in [0, 0.1) is 0 Å². The number of hydrogen-bond acceptors (Lipinski definition) is 3. The van der Waals surface area contributed by atoms with Gasteiger partial charge < -0.3 is 15.4 Å². The van der Waals surface area contributed by atoms with Crippen LogP contribution in [-0.2, 0) is 0 Å². The zero-order valence-electron chi connectivity index (χ0n) is 12.0. The third-order valence-corrected chi connectivity index (χ3v) is 3.49. The molecule has 1 saturated heterocycles. The number of benzene rings is 1. The zero-order valence-corrected chi connectivity index (χ0v) is 12.8. The number of halogens is 1. The predicted octanol–water partition coefficient (Wildman–Crippen LogP) is 2.38. The topological polar surface area (TPSA) is 50.4 Å². The molecule has 0 saturated carbocycles. The molecule has 112 valence electrons. The van der Waals surface area contributed by atoms with Gasteiger partial charge in [-0.2, -0.15) is 0 Å². The van der Waals surface area contributed by atoms with Gasteiger partial charge in [-0.3, -0.25) is 4.79 Å². The lowest BCUT2D eigenvalue weighted by Crippen LogP contribution is -2.51. The Morgan fingerprint density at radius 2 is 2.30 bits per heavy atom. The third-order valence-electron chi connectivity index (χ3n) is 3.49. The summed E-state index contributed by atoms with van der Waals surface area (Å²) in [5.74, 6) is 0.715. The number of amides is 1. The minimum absolute atomic E-state index is 0. The Bertz CT molecular complexity index is 440.